The molecule has 6 nitrogen and oxygen atoms in total. The van der Waals surface area contributed by atoms with Gasteiger partial charge in [-0.2, -0.15) is 0 Å². The van der Waals surface area contributed by atoms with Crippen molar-refractivity contribution in [3.8, 4) is 5.75 Å². The van der Waals surface area contributed by atoms with Crippen molar-refractivity contribution in [3.63, 3.8) is 0 Å². The Morgan fingerprint density at radius 1 is 1.11 bits per heavy atom. The van der Waals surface area contributed by atoms with E-state index in [1.54, 1.807) is 18.0 Å². The van der Waals surface area contributed by atoms with Crippen molar-refractivity contribution in [1.82, 2.24) is 4.90 Å². The zero-order valence-electron chi connectivity index (χ0n) is 16.2. The van der Waals surface area contributed by atoms with Crippen LogP contribution in [-0.2, 0) is 27.3 Å². The van der Waals surface area contributed by atoms with Crippen LogP contribution in [0.15, 0.2) is 47.1 Å². The highest BCUT2D eigenvalue weighted by atomic mass is 16.5. The standard InChI is InChI=1S/C22H23NO5/c1-14-4-5-16(15(2)8-14)11-23(3)21(25)13-28-22(26)9-17-12-27-20-10-18(24)6-7-19(17)20/h4-8,10,12,24H,9,11,13H2,1-3H3. The third-order valence-electron chi connectivity index (χ3n) is 4.66. The summed E-state index contributed by atoms with van der Waals surface area (Å²) < 4.78 is 10.5. The molecule has 0 aliphatic carbocycles. The molecule has 3 aromatic rings. The van der Waals surface area contributed by atoms with Gasteiger partial charge in [0, 0.05) is 30.6 Å². The van der Waals surface area contributed by atoms with E-state index < -0.39 is 5.97 Å². The van der Waals surface area contributed by atoms with Crippen LogP contribution in [-0.4, -0.2) is 35.5 Å². The predicted molar refractivity (Wildman–Crippen MR) is 105 cm³/mol. The smallest absolute Gasteiger partial charge is 0.310 e. The number of rotatable bonds is 6. The fraction of sp³-hybridized carbons (Fsp3) is 0.273. The molecule has 0 radical (unpaired) electrons. The number of esters is 1. The minimum Gasteiger partial charge on any atom is -0.508 e. The number of carbonyl (C=O) groups is 2. The van der Waals surface area contributed by atoms with Gasteiger partial charge in [0.1, 0.15) is 11.3 Å². The summed E-state index contributed by atoms with van der Waals surface area (Å²) in [5, 5.41) is 10.2. The molecule has 0 spiro atoms. The second-order valence-electron chi connectivity index (χ2n) is 6.96. The molecule has 146 valence electrons. The molecule has 0 saturated heterocycles. The van der Waals surface area contributed by atoms with E-state index in [0.717, 1.165) is 16.5 Å². The van der Waals surface area contributed by atoms with Crippen molar-refractivity contribution in [3.05, 3.63) is 64.9 Å². The number of hydrogen-bond donors (Lipinski definition) is 1. The van der Waals surface area contributed by atoms with Gasteiger partial charge in [0.05, 0.1) is 12.7 Å². The maximum atomic E-state index is 12.3. The average Bonchev–Trinajstić information content (AvgIpc) is 3.03. The van der Waals surface area contributed by atoms with E-state index in [4.69, 9.17) is 9.15 Å². The summed E-state index contributed by atoms with van der Waals surface area (Å²) in [6.07, 6.45) is 1.45. The Morgan fingerprint density at radius 3 is 2.64 bits per heavy atom. The van der Waals surface area contributed by atoms with E-state index in [1.165, 1.54) is 24.0 Å². The van der Waals surface area contributed by atoms with Crippen molar-refractivity contribution in [1.29, 1.82) is 0 Å². The monoisotopic (exact) mass is 381 g/mol. The van der Waals surface area contributed by atoms with Gasteiger partial charge in [-0.25, -0.2) is 0 Å². The molecule has 0 unspecified atom stereocenters. The number of carbonyl (C=O) groups excluding carboxylic acids is 2. The molecule has 0 bridgehead atoms. The number of ether oxygens (including phenoxy) is 1. The summed E-state index contributed by atoms with van der Waals surface area (Å²) in [5.41, 5.74) is 4.49. The quantitative estimate of drug-likeness (QED) is 0.661. The van der Waals surface area contributed by atoms with Crippen LogP contribution < -0.4 is 0 Å². The van der Waals surface area contributed by atoms with Crippen LogP contribution in [0, 0.1) is 13.8 Å². The average molecular weight is 381 g/mol. The molecule has 0 aliphatic rings. The normalized spacial score (nSPS) is 10.8. The molecular weight excluding hydrogens is 358 g/mol. The molecule has 1 amide bonds. The third kappa shape index (κ3) is 4.52. The van der Waals surface area contributed by atoms with Crippen molar-refractivity contribution in [2.75, 3.05) is 13.7 Å². The first-order valence-electron chi connectivity index (χ1n) is 8.98. The Morgan fingerprint density at radius 2 is 1.89 bits per heavy atom. The lowest BCUT2D eigenvalue weighted by Crippen LogP contribution is -2.31. The highest BCUT2D eigenvalue weighted by molar-refractivity contribution is 5.87. The number of phenols is 1. The number of fused-ring (bicyclic) bond motifs is 1. The third-order valence-corrected chi connectivity index (χ3v) is 4.66. The molecule has 1 N–H and O–H groups in total. The van der Waals surface area contributed by atoms with E-state index in [9.17, 15) is 14.7 Å². The molecule has 2 aromatic carbocycles. The van der Waals surface area contributed by atoms with Crippen LogP contribution in [0.4, 0.5) is 0 Å². The predicted octanol–water partition coefficient (Wildman–Crippen LogP) is 3.50. The van der Waals surface area contributed by atoms with E-state index in [0.29, 0.717) is 17.7 Å². The number of aryl methyl sites for hydroxylation is 2. The summed E-state index contributed by atoms with van der Waals surface area (Å²) >= 11 is 0. The van der Waals surface area contributed by atoms with Crippen LogP contribution in [0.1, 0.15) is 22.3 Å². The molecule has 6 heteroatoms. The van der Waals surface area contributed by atoms with Crippen LogP contribution >= 0.6 is 0 Å². The fourth-order valence-corrected chi connectivity index (χ4v) is 3.03. The Hall–Kier alpha value is -3.28. The highest BCUT2D eigenvalue weighted by Crippen LogP contribution is 2.25. The lowest BCUT2D eigenvalue weighted by molar-refractivity contribution is -0.151. The summed E-state index contributed by atoms with van der Waals surface area (Å²) in [7, 11) is 1.69. The van der Waals surface area contributed by atoms with Crippen molar-refractivity contribution in [2.24, 2.45) is 0 Å². The number of phenolic OH excluding ortho intramolecular Hbond substituents is 1. The Bertz CT molecular complexity index is 1020. The van der Waals surface area contributed by atoms with Crippen molar-refractivity contribution < 1.29 is 23.8 Å². The molecular formula is C22H23NO5. The molecule has 3 rings (SSSR count). The van der Waals surface area contributed by atoms with Gasteiger partial charge in [-0.3, -0.25) is 9.59 Å². The second-order valence-corrected chi connectivity index (χ2v) is 6.96. The molecule has 0 saturated carbocycles. The van der Waals surface area contributed by atoms with Crippen molar-refractivity contribution >= 4 is 22.8 Å². The first-order valence-corrected chi connectivity index (χ1v) is 8.98. The van der Waals surface area contributed by atoms with Gasteiger partial charge in [0.2, 0.25) is 0 Å². The van der Waals surface area contributed by atoms with E-state index in [2.05, 4.69) is 6.07 Å². The van der Waals surface area contributed by atoms with Crippen LogP contribution in [0.2, 0.25) is 0 Å². The number of amides is 1. The maximum absolute atomic E-state index is 12.3. The first-order chi connectivity index (χ1) is 13.3. The number of furan rings is 1. The number of benzene rings is 2. The van der Waals surface area contributed by atoms with E-state index in [-0.39, 0.29) is 24.7 Å². The summed E-state index contributed by atoms with van der Waals surface area (Å²) in [6.45, 7) is 4.18. The van der Waals surface area contributed by atoms with Crippen molar-refractivity contribution in [2.45, 2.75) is 26.8 Å². The molecule has 28 heavy (non-hydrogen) atoms. The van der Waals surface area contributed by atoms with Gasteiger partial charge >= 0.3 is 5.97 Å². The topological polar surface area (TPSA) is 80.0 Å². The highest BCUT2D eigenvalue weighted by Gasteiger charge is 2.16. The SMILES string of the molecule is Cc1ccc(CN(C)C(=O)COC(=O)Cc2coc3cc(O)ccc23)c(C)c1. The number of nitrogens with zero attached hydrogens (tertiary/aromatic N) is 1. The largest absolute Gasteiger partial charge is 0.508 e. The van der Waals surface area contributed by atoms with Crippen LogP contribution in [0.25, 0.3) is 11.0 Å². The van der Waals surface area contributed by atoms with Crippen LogP contribution in [0.3, 0.4) is 0 Å². The number of likely N-dealkylation sites (N-methyl/N-ethyl adjacent to an activating group) is 1. The maximum Gasteiger partial charge on any atom is 0.310 e. The van der Waals surface area contributed by atoms with Gasteiger partial charge in [0.25, 0.3) is 5.91 Å². The molecule has 0 aliphatic heterocycles. The minimum atomic E-state index is -0.510. The number of aromatic hydroxyl groups is 1. The first kappa shape index (κ1) is 19.5. The number of hydrogen-bond acceptors (Lipinski definition) is 5. The Labute approximate surface area is 163 Å². The van der Waals surface area contributed by atoms with Gasteiger partial charge in [0.15, 0.2) is 6.61 Å². The van der Waals surface area contributed by atoms with Gasteiger partial charge in [-0.15, -0.1) is 0 Å². The molecule has 1 heterocycles. The van der Waals surface area contributed by atoms with Gasteiger partial charge < -0.3 is 19.2 Å². The zero-order valence-corrected chi connectivity index (χ0v) is 16.2. The molecule has 0 fully saturated rings. The second kappa shape index (κ2) is 8.17. The Balaban J connectivity index is 1.53. The summed E-state index contributed by atoms with van der Waals surface area (Å²) in [6, 6.07) is 10.8. The van der Waals surface area contributed by atoms with E-state index in [1.807, 2.05) is 26.0 Å². The lowest BCUT2D eigenvalue weighted by atomic mass is 10.1. The summed E-state index contributed by atoms with van der Waals surface area (Å²) in [4.78, 5) is 25.9. The summed E-state index contributed by atoms with van der Waals surface area (Å²) in [5.74, 6) is -0.687. The Kier molecular flexibility index (Phi) is 5.68. The zero-order chi connectivity index (χ0) is 20.3. The minimum absolute atomic E-state index is 0.00810. The molecule has 1 aromatic heterocycles. The van der Waals surface area contributed by atoms with Gasteiger partial charge in [-0.1, -0.05) is 23.8 Å². The van der Waals surface area contributed by atoms with Gasteiger partial charge in [-0.05, 0) is 37.1 Å². The fourth-order valence-electron chi connectivity index (χ4n) is 3.03. The van der Waals surface area contributed by atoms with E-state index >= 15 is 0 Å². The molecule has 0 atom stereocenters. The lowest BCUT2D eigenvalue weighted by Gasteiger charge is -2.18. The van der Waals surface area contributed by atoms with Crippen LogP contribution in [0.5, 0.6) is 5.75 Å².